The SMILES string of the molecule is Cc1ccsc1CNCCc1nc2ccccc2[nH]1. The fraction of sp³-hybridized carbons (Fsp3) is 0.267. The number of H-pyrrole nitrogens is 1. The van der Waals surface area contributed by atoms with Crippen LogP contribution in [0.1, 0.15) is 16.3 Å². The zero-order chi connectivity index (χ0) is 13.1. The Balaban J connectivity index is 1.53. The van der Waals surface area contributed by atoms with E-state index < -0.39 is 0 Å². The molecule has 0 amide bonds. The van der Waals surface area contributed by atoms with E-state index in [0.717, 1.165) is 36.4 Å². The lowest BCUT2D eigenvalue weighted by Gasteiger charge is -2.02. The Morgan fingerprint density at radius 2 is 2.16 bits per heavy atom. The Morgan fingerprint density at radius 1 is 1.26 bits per heavy atom. The zero-order valence-corrected chi connectivity index (χ0v) is 11.8. The Labute approximate surface area is 116 Å². The van der Waals surface area contributed by atoms with E-state index in [1.54, 1.807) is 0 Å². The van der Waals surface area contributed by atoms with Gasteiger partial charge in [0.1, 0.15) is 5.82 Å². The average molecular weight is 271 g/mol. The van der Waals surface area contributed by atoms with Gasteiger partial charge in [-0.05, 0) is 36.1 Å². The smallest absolute Gasteiger partial charge is 0.108 e. The van der Waals surface area contributed by atoms with Crippen molar-refractivity contribution >= 4 is 22.4 Å². The molecular formula is C15H17N3S. The van der Waals surface area contributed by atoms with Gasteiger partial charge in [0.2, 0.25) is 0 Å². The molecule has 0 atom stereocenters. The van der Waals surface area contributed by atoms with E-state index in [4.69, 9.17) is 0 Å². The van der Waals surface area contributed by atoms with Crippen molar-refractivity contribution in [3.63, 3.8) is 0 Å². The highest BCUT2D eigenvalue weighted by atomic mass is 32.1. The number of rotatable bonds is 5. The van der Waals surface area contributed by atoms with Crippen LogP contribution in [0.15, 0.2) is 35.7 Å². The van der Waals surface area contributed by atoms with Crippen LogP contribution in [0.2, 0.25) is 0 Å². The van der Waals surface area contributed by atoms with E-state index in [1.165, 1.54) is 10.4 Å². The van der Waals surface area contributed by atoms with E-state index in [-0.39, 0.29) is 0 Å². The molecule has 2 N–H and O–H groups in total. The minimum Gasteiger partial charge on any atom is -0.342 e. The van der Waals surface area contributed by atoms with E-state index in [1.807, 2.05) is 29.5 Å². The molecule has 0 aliphatic heterocycles. The second kappa shape index (κ2) is 5.55. The number of benzene rings is 1. The Morgan fingerprint density at radius 3 is 2.95 bits per heavy atom. The van der Waals surface area contributed by atoms with Crippen molar-refractivity contribution in [2.75, 3.05) is 6.54 Å². The van der Waals surface area contributed by atoms with Crippen molar-refractivity contribution in [2.45, 2.75) is 19.9 Å². The van der Waals surface area contributed by atoms with E-state index in [0.29, 0.717) is 0 Å². The zero-order valence-electron chi connectivity index (χ0n) is 10.9. The minimum absolute atomic E-state index is 0.930. The van der Waals surface area contributed by atoms with Gasteiger partial charge in [-0.2, -0.15) is 0 Å². The molecule has 2 aromatic heterocycles. The first-order chi connectivity index (χ1) is 9.33. The third-order valence-corrected chi connectivity index (χ3v) is 4.25. The predicted molar refractivity (Wildman–Crippen MR) is 80.6 cm³/mol. The third-order valence-electron chi connectivity index (χ3n) is 3.23. The molecule has 0 unspecified atom stereocenters. The van der Waals surface area contributed by atoms with E-state index >= 15 is 0 Å². The lowest BCUT2D eigenvalue weighted by atomic mass is 10.3. The van der Waals surface area contributed by atoms with Crippen LogP contribution in [-0.4, -0.2) is 16.5 Å². The summed E-state index contributed by atoms with van der Waals surface area (Å²) >= 11 is 1.81. The number of nitrogens with one attached hydrogen (secondary N) is 2. The summed E-state index contributed by atoms with van der Waals surface area (Å²) in [6, 6.07) is 10.3. The van der Waals surface area contributed by atoms with Gasteiger partial charge in [-0.3, -0.25) is 0 Å². The van der Waals surface area contributed by atoms with Gasteiger partial charge in [0, 0.05) is 24.4 Å². The molecule has 3 aromatic rings. The molecule has 0 saturated heterocycles. The summed E-state index contributed by atoms with van der Waals surface area (Å²) in [5, 5.41) is 5.62. The minimum atomic E-state index is 0.930. The number of fused-ring (bicyclic) bond motifs is 1. The van der Waals surface area contributed by atoms with Crippen molar-refractivity contribution in [3.8, 4) is 0 Å². The van der Waals surface area contributed by atoms with Gasteiger partial charge in [-0.1, -0.05) is 12.1 Å². The van der Waals surface area contributed by atoms with Crippen molar-refractivity contribution in [1.82, 2.24) is 15.3 Å². The average Bonchev–Trinajstić information content (AvgIpc) is 3.00. The van der Waals surface area contributed by atoms with Crippen molar-refractivity contribution in [2.24, 2.45) is 0 Å². The van der Waals surface area contributed by atoms with Crippen molar-refractivity contribution < 1.29 is 0 Å². The standard InChI is InChI=1S/C15H17N3S/c1-11-7-9-19-14(11)10-16-8-6-15-17-12-4-2-3-5-13(12)18-15/h2-5,7,9,16H,6,8,10H2,1H3,(H,17,18). The Hall–Kier alpha value is -1.65. The molecule has 0 aliphatic rings. The fourth-order valence-corrected chi connectivity index (χ4v) is 2.99. The third kappa shape index (κ3) is 2.85. The first kappa shape index (κ1) is 12.4. The van der Waals surface area contributed by atoms with Crippen LogP contribution >= 0.6 is 11.3 Å². The molecular weight excluding hydrogens is 254 g/mol. The van der Waals surface area contributed by atoms with Gasteiger partial charge in [0.15, 0.2) is 0 Å². The molecule has 19 heavy (non-hydrogen) atoms. The Bertz CT molecular complexity index is 636. The number of hydrogen-bond acceptors (Lipinski definition) is 3. The van der Waals surface area contributed by atoms with Crippen LogP contribution in [0.3, 0.4) is 0 Å². The molecule has 4 heteroatoms. The quantitative estimate of drug-likeness (QED) is 0.699. The topological polar surface area (TPSA) is 40.7 Å². The number of aryl methyl sites for hydroxylation is 1. The molecule has 0 aliphatic carbocycles. The summed E-state index contributed by atoms with van der Waals surface area (Å²) < 4.78 is 0. The lowest BCUT2D eigenvalue weighted by molar-refractivity contribution is 0.679. The molecule has 0 bridgehead atoms. The number of aromatic amines is 1. The molecule has 0 fully saturated rings. The molecule has 3 nitrogen and oxygen atoms in total. The number of aromatic nitrogens is 2. The van der Waals surface area contributed by atoms with Crippen molar-refractivity contribution in [1.29, 1.82) is 0 Å². The highest BCUT2D eigenvalue weighted by molar-refractivity contribution is 7.10. The molecule has 0 spiro atoms. The largest absolute Gasteiger partial charge is 0.342 e. The highest BCUT2D eigenvalue weighted by Gasteiger charge is 2.02. The number of para-hydroxylation sites is 2. The van der Waals surface area contributed by atoms with Gasteiger partial charge >= 0.3 is 0 Å². The summed E-state index contributed by atoms with van der Waals surface area (Å²) in [5.41, 5.74) is 3.54. The van der Waals surface area contributed by atoms with E-state index in [2.05, 4.69) is 39.7 Å². The van der Waals surface area contributed by atoms with Gasteiger partial charge in [0.25, 0.3) is 0 Å². The maximum Gasteiger partial charge on any atom is 0.108 e. The summed E-state index contributed by atoms with van der Waals surface area (Å²) in [7, 11) is 0. The molecule has 98 valence electrons. The van der Waals surface area contributed by atoms with Gasteiger partial charge < -0.3 is 10.3 Å². The van der Waals surface area contributed by atoms with Crippen LogP contribution < -0.4 is 5.32 Å². The number of hydrogen-bond donors (Lipinski definition) is 2. The van der Waals surface area contributed by atoms with Crippen molar-refractivity contribution in [3.05, 3.63) is 52.0 Å². The van der Waals surface area contributed by atoms with Gasteiger partial charge in [0.05, 0.1) is 11.0 Å². The second-order valence-corrected chi connectivity index (χ2v) is 5.65. The molecule has 3 rings (SSSR count). The maximum atomic E-state index is 4.57. The maximum absolute atomic E-state index is 4.57. The summed E-state index contributed by atoms with van der Waals surface area (Å²) in [5.74, 6) is 1.05. The van der Waals surface area contributed by atoms with Gasteiger partial charge in [-0.25, -0.2) is 4.98 Å². The Kier molecular flexibility index (Phi) is 3.62. The highest BCUT2D eigenvalue weighted by Crippen LogP contribution is 2.15. The van der Waals surface area contributed by atoms with Crippen LogP contribution in [-0.2, 0) is 13.0 Å². The van der Waals surface area contributed by atoms with Crippen LogP contribution in [0, 0.1) is 6.92 Å². The van der Waals surface area contributed by atoms with Crippen LogP contribution in [0.5, 0.6) is 0 Å². The number of nitrogens with zero attached hydrogens (tertiary/aromatic N) is 1. The first-order valence-corrected chi connectivity index (χ1v) is 7.38. The molecule has 1 aromatic carbocycles. The van der Waals surface area contributed by atoms with Crippen LogP contribution in [0.25, 0.3) is 11.0 Å². The number of thiophene rings is 1. The second-order valence-electron chi connectivity index (χ2n) is 4.65. The molecule has 2 heterocycles. The molecule has 0 saturated carbocycles. The van der Waals surface area contributed by atoms with Gasteiger partial charge in [-0.15, -0.1) is 11.3 Å². The molecule has 0 radical (unpaired) electrons. The summed E-state index contributed by atoms with van der Waals surface area (Å²) in [4.78, 5) is 9.34. The fourth-order valence-electron chi connectivity index (χ4n) is 2.12. The normalized spacial score (nSPS) is 11.2. The monoisotopic (exact) mass is 271 g/mol. The van der Waals surface area contributed by atoms with E-state index in [9.17, 15) is 0 Å². The lowest BCUT2D eigenvalue weighted by Crippen LogP contribution is -2.16. The first-order valence-electron chi connectivity index (χ1n) is 6.50. The summed E-state index contributed by atoms with van der Waals surface area (Å²) in [6.07, 6.45) is 0.930. The predicted octanol–water partition coefficient (Wildman–Crippen LogP) is 3.27. The summed E-state index contributed by atoms with van der Waals surface area (Å²) in [6.45, 7) is 4.05. The van der Waals surface area contributed by atoms with Crippen LogP contribution in [0.4, 0.5) is 0 Å². The number of imidazole rings is 1.